The summed E-state index contributed by atoms with van der Waals surface area (Å²) in [4.78, 5) is 52.4. The average Bonchev–Trinajstić information content (AvgIpc) is 2.93. The lowest BCUT2D eigenvalue weighted by molar-refractivity contribution is -0.136. The largest absolute Gasteiger partial charge is 0.330 e. The summed E-state index contributed by atoms with van der Waals surface area (Å²) in [6.07, 6.45) is 2.53. The van der Waals surface area contributed by atoms with Crippen LogP contribution >= 0.6 is 0 Å². The van der Waals surface area contributed by atoms with Crippen molar-refractivity contribution in [3.63, 3.8) is 0 Å². The van der Waals surface area contributed by atoms with Crippen LogP contribution in [0.15, 0.2) is 18.2 Å². The third-order valence-electron chi connectivity index (χ3n) is 5.85. The van der Waals surface area contributed by atoms with E-state index in [2.05, 4.69) is 10.2 Å². The average molecular weight is 384 g/mol. The van der Waals surface area contributed by atoms with E-state index in [1.807, 2.05) is 6.07 Å². The van der Waals surface area contributed by atoms with Crippen molar-refractivity contribution in [3.05, 3.63) is 34.9 Å². The second-order valence-electron chi connectivity index (χ2n) is 7.81. The van der Waals surface area contributed by atoms with E-state index in [4.69, 9.17) is 5.73 Å². The van der Waals surface area contributed by atoms with Gasteiger partial charge in [0.25, 0.3) is 11.8 Å². The molecule has 0 saturated carbocycles. The molecule has 3 heterocycles. The number of fused-ring (bicyclic) bond motifs is 1. The smallest absolute Gasteiger partial charge is 0.262 e. The molecule has 2 atom stereocenters. The monoisotopic (exact) mass is 384 g/mol. The fourth-order valence-corrected chi connectivity index (χ4v) is 4.36. The molecule has 0 radical (unpaired) electrons. The van der Waals surface area contributed by atoms with Gasteiger partial charge < -0.3 is 5.73 Å². The topological polar surface area (TPSA) is 113 Å². The standard InChI is InChI=1S/C20H24N4O4/c21-9-13-2-1-7-23(11-13)10-12-3-4-14-15(8-12)20(28)24(19(14)27)16-5-6-17(25)22-18(16)26/h3-4,8,13,16H,1-2,5-7,9-11,21H2,(H,22,25,26)/t13-,16?/m0/s1. The Morgan fingerprint density at radius 3 is 2.61 bits per heavy atom. The van der Waals surface area contributed by atoms with Gasteiger partial charge in [0.2, 0.25) is 11.8 Å². The maximum absolute atomic E-state index is 12.9. The van der Waals surface area contributed by atoms with Crippen LogP contribution in [0.2, 0.25) is 0 Å². The van der Waals surface area contributed by atoms with Crippen molar-refractivity contribution in [1.82, 2.24) is 15.1 Å². The Balaban J connectivity index is 1.52. The molecule has 8 nitrogen and oxygen atoms in total. The fourth-order valence-electron chi connectivity index (χ4n) is 4.36. The first-order valence-electron chi connectivity index (χ1n) is 9.75. The molecule has 1 aromatic rings. The molecule has 1 aromatic carbocycles. The van der Waals surface area contributed by atoms with Crippen LogP contribution in [0, 0.1) is 5.92 Å². The molecule has 0 aromatic heterocycles. The molecule has 148 valence electrons. The number of rotatable bonds is 4. The number of hydrogen-bond donors (Lipinski definition) is 2. The molecule has 8 heteroatoms. The molecule has 0 spiro atoms. The van der Waals surface area contributed by atoms with Crippen molar-refractivity contribution in [2.24, 2.45) is 11.7 Å². The number of nitrogens with one attached hydrogen (secondary N) is 1. The molecule has 0 bridgehead atoms. The highest BCUT2D eigenvalue weighted by molar-refractivity contribution is 6.23. The number of likely N-dealkylation sites (tertiary alicyclic amines) is 1. The zero-order valence-corrected chi connectivity index (χ0v) is 15.6. The van der Waals surface area contributed by atoms with Gasteiger partial charge in [0.15, 0.2) is 0 Å². The van der Waals surface area contributed by atoms with Gasteiger partial charge in [0.05, 0.1) is 11.1 Å². The van der Waals surface area contributed by atoms with E-state index < -0.39 is 23.8 Å². The van der Waals surface area contributed by atoms with E-state index in [9.17, 15) is 19.2 Å². The molecule has 2 fully saturated rings. The number of nitrogens with two attached hydrogens (primary N) is 1. The van der Waals surface area contributed by atoms with E-state index in [-0.39, 0.29) is 18.7 Å². The minimum atomic E-state index is -0.930. The predicted molar refractivity (Wildman–Crippen MR) is 100 cm³/mol. The number of imide groups is 2. The van der Waals surface area contributed by atoms with Crippen molar-refractivity contribution >= 4 is 23.6 Å². The minimum absolute atomic E-state index is 0.117. The maximum atomic E-state index is 12.9. The maximum Gasteiger partial charge on any atom is 0.262 e. The van der Waals surface area contributed by atoms with Gasteiger partial charge in [0.1, 0.15) is 6.04 Å². The number of amides is 4. The molecular formula is C20H24N4O4. The first kappa shape index (κ1) is 18.8. The van der Waals surface area contributed by atoms with Crippen LogP contribution in [0.3, 0.4) is 0 Å². The van der Waals surface area contributed by atoms with Crippen LogP contribution in [0.1, 0.15) is 52.0 Å². The molecule has 4 rings (SSSR count). The summed E-state index contributed by atoms with van der Waals surface area (Å²) in [5, 5.41) is 2.21. The van der Waals surface area contributed by atoms with Crippen LogP contribution in [-0.2, 0) is 16.1 Å². The lowest BCUT2D eigenvalue weighted by Crippen LogP contribution is -2.54. The summed E-state index contributed by atoms with van der Waals surface area (Å²) in [6.45, 7) is 3.30. The molecular weight excluding hydrogens is 360 g/mol. The summed E-state index contributed by atoms with van der Waals surface area (Å²) in [6, 6.07) is 4.36. The Morgan fingerprint density at radius 1 is 1.07 bits per heavy atom. The second-order valence-corrected chi connectivity index (χ2v) is 7.81. The zero-order valence-electron chi connectivity index (χ0n) is 15.6. The van der Waals surface area contributed by atoms with Crippen molar-refractivity contribution in [1.29, 1.82) is 0 Å². The fraction of sp³-hybridized carbons (Fsp3) is 0.500. The molecule has 3 N–H and O–H groups in total. The van der Waals surface area contributed by atoms with Gasteiger partial charge in [-0.3, -0.25) is 34.3 Å². The van der Waals surface area contributed by atoms with Gasteiger partial charge in [0, 0.05) is 19.5 Å². The minimum Gasteiger partial charge on any atom is -0.330 e. The Kier molecular flexibility index (Phi) is 4.99. The molecule has 28 heavy (non-hydrogen) atoms. The first-order valence-corrected chi connectivity index (χ1v) is 9.75. The number of carbonyl (C=O) groups excluding carboxylic acids is 4. The Hall–Kier alpha value is -2.58. The highest BCUT2D eigenvalue weighted by Gasteiger charge is 2.44. The van der Waals surface area contributed by atoms with Crippen LogP contribution in [0.5, 0.6) is 0 Å². The third kappa shape index (κ3) is 3.33. The third-order valence-corrected chi connectivity index (χ3v) is 5.85. The van der Waals surface area contributed by atoms with Crippen LogP contribution in [0.4, 0.5) is 0 Å². The summed E-state index contributed by atoms with van der Waals surface area (Å²) in [5.74, 6) is -1.41. The van der Waals surface area contributed by atoms with E-state index in [0.29, 0.717) is 30.1 Å². The lowest BCUT2D eigenvalue weighted by Gasteiger charge is -2.32. The van der Waals surface area contributed by atoms with E-state index in [1.54, 1.807) is 12.1 Å². The quantitative estimate of drug-likeness (QED) is 0.720. The summed E-state index contributed by atoms with van der Waals surface area (Å²) < 4.78 is 0. The highest BCUT2D eigenvalue weighted by atomic mass is 16.2. The van der Waals surface area contributed by atoms with Gasteiger partial charge in [-0.15, -0.1) is 0 Å². The Morgan fingerprint density at radius 2 is 1.86 bits per heavy atom. The normalized spacial score (nSPS) is 25.8. The van der Waals surface area contributed by atoms with E-state index >= 15 is 0 Å². The van der Waals surface area contributed by atoms with E-state index in [0.717, 1.165) is 36.4 Å². The number of nitrogens with zero attached hydrogens (tertiary/aromatic N) is 2. The number of benzene rings is 1. The van der Waals surface area contributed by atoms with Crippen LogP contribution < -0.4 is 11.1 Å². The van der Waals surface area contributed by atoms with Gasteiger partial charge >= 0.3 is 0 Å². The van der Waals surface area contributed by atoms with Crippen molar-refractivity contribution in [2.45, 2.75) is 38.3 Å². The molecule has 2 saturated heterocycles. The lowest BCUT2D eigenvalue weighted by atomic mass is 9.97. The summed E-state index contributed by atoms with van der Waals surface area (Å²) >= 11 is 0. The molecule has 3 aliphatic heterocycles. The molecule has 4 amide bonds. The van der Waals surface area contributed by atoms with Crippen LogP contribution in [0.25, 0.3) is 0 Å². The van der Waals surface area contributed by atoms with Crippen molar-refractivity contribution in [2.75, 3.05) is 19.6 Å². The van der Waals surface area contributed by atoms with Crippen molar-refractivity contribution < 1.29 is 19.2 Å². The zero-order chi connectivity index (χ0) is 19.8. The Bertz CT molecular complexity index is 853. The number of piperidine rings is 2. The Labute approximate surface area is 163 Å². The van der Waals surface area contributed by atoms with Crippen LogP contribution in [-0.4, -0.2) is 59.1 Å². The highest BCUT2D eigenvalue weighted by Crippen LogP contribution is 2.29. The first-order chi connectivity index (χ1) is 13.5. The van der Waals surface area contributed by atoms with Gasteiger partial charge in [-0.05, 0) is 56.0 Å². The van der Waals surface area contributed by atoms with Gasteiger partial charge in [-0.1, -0.05) is 6.07 Å². The van der Waals surface area contributed by atoms with Gasteiger partial charge in [-0.2, -0.15) is 0 Å². The van der Waals surface area contributed by atoms with Crippen molar-refractivity contribution in [3.8, 4) is 0 Å². The number of carbonyl (C=O) groups is 4. The second kappa shape index (κ2) is 7.44. The summed E-state index contributed by atoms with van der Waals surface area (Å²) in [7, 11) is 0. The summed E-state index contributed by atoms with van der Waals surface area (Å²) in [5.41, 5.74) is 7.41. The molecule has 0 aliphatic carbocycles. The van der Waals surface area contributed by atoms with Gasteiger partial charge in [-0.25, -0.2) is 0 Å². The molecule has 3 aliphatic rings. The number of hydrogen-bond acceptors (Lipinski definition) is 6. The SMILES string of the molecule is NC[C@@H]1CCCN(Cc2ccc3c(c2)C(=O)N(C2CCC(=O)NC2=O)C3=O)C1. The molecule has 1 unspecified atom stereocenters. The predicted octanol–water partition coefficient (Wildman–Crippen LogP) is 0.259. The van der Waals surface area contributed by atoms with E-state index in [1.165, 1.54) is 0 Å².